The Hall–Kier alpha value is -1.88. The van der Waals surface area contributed by atoms with Gasteiger partial charge in [-0.25, -0.2) is 9.28 Å². The van der Waals surface area contributed by atoms with E-state index < -0.39 is 5.54 Å². The van der Waals surface area contributed by atoms with Gasteiger partial charge in [0.1, 0.15) is 0 Å². The van der Waals surface area contributed by atoms with Gasteiger partial charge in [-0.1, -0.05) is 18.2 Å². The molecule has 2 N–H and O–H groups in total. The zero-order chi connectivity index (χ0) is 12.3. The number of carbonyl (C=O) groups is 2. The predicted molar refractivity (Wildman–Crippen MR) is 62.3 cm³/mol. The van der Waals surface area contributed by atoms with Crippen molar-refractivity contribution >= 4 is 17.6 Å². The van der Waals surface area contributed by atoms with Crippen LogP contribution in [-0.2, 0) is 10.3 Å². The van der Waals surface area contributed by atoms with Crippen LogP contribution >= 0.6 is 0 Å². The molecule has 2 heterocycles. The third kappa shape index (κ3) is 0.975. The Morgan fingerprint density at radius 1 is 1.24 bits per heavy atom. The molecule has 88 valence electrons. The van der Waals surface area contributed by atoms with E-state index in [9.17, 15) is 9.59 Å². The molecular formula is C12H14N3O2+. The third-order valence-corrected chi connectivity index (χ3v) is 3.95. The van der Waals surface area contributed by atoms with Gasteiger partial charge in [-0.3, -0.25) is 10.1 Å². The van der Waals surface area contributed by atoms with Crippen LogP contribution in [0.4, 0.5) is 10.5 Å². The normalized spacial score (nSPS) is 29.1. The third-order valence-electron chi connectivity index (χ3n) is 3.95. The molecule has 0 bridgehead atoms. The molecule has 1 unspecified atom stereocenters. The summed E-state index contributed by atoms with van der Waals surface area (Å²) >= 11 is 0. The maximum atomic E-state index is 12.3. The number of nitrogens with one attached hydrogen (secondary N) is 2. The maximum Gasteiger partial charge on any atom is 0.417 e. The van der Waals surface area contributed by atoms with Crippen molar-refractivity contribution in [1.82, 2.24) is 5.32 Å². The summed E-state index contributed by atoms with van der Waals surface area (Å²) in [6, 6.07) is 7.42. The number of hydrogen-bond donors (Lipinski definition) is 2. The summed E-state index contributed by atoms with van der Waals surface area (Å²) in [6.45, 7) is 0.349. The highest BCUT2D eigenvalue weighted by atomic mass is 16.2. The number of fused-ring (bicyclic) bond motifs is 2. The molecule has 0 aromatic heterocycles. The number of carbonyl (C=O) groups excluding carboxylic acids is 2. The first kappa shape index (κ1) is 10.3. The maximum absolute atomic E-state index is 12.3. The van der Waals surface area contributed by atoms with E-state index in [0.717, 1.165) is 11.3 Å². The number of para-hydroxylation sites is 1. The van der Waals surface area contributed by atoms with E-state index in [1.165, 1.54) is 0 Å². The monoisotopic (exact) mass is 232 g/mol. The molecule has 2 aliphatic heterocycles. The van der Waals surface area contributed by atoms with E-state index in [0.29, 0.717) is 6.54 Å². The lowest BCUT2D eigenvalue weighted by Gasteiger charge is -2.34. The van der Waals surface area contributed by atoms with Gasteiger partial charge in [0.15, 0.2) is 0 Å². The lowest BCUT2D eigenvalue weighted by atomic mass is 9.89. The number of urea groups is 1. The molecule has 0 aliphatic carbocycles. The average Bonchev–Trinajstić information content (AvgIpc) is 2.71. The molecule has 5 nitrogen and oxygen atoms in total. The summed E-state index contributed by atoms with van der Waals surface area (Å²) < 4.78 is 0.00977. The molecular weight excluding hydrogens is 218 g/mol. The second-order valence-corrected chi connectivity index (χ2v) is 4.97. The number of hydrogen-bond acceptors (Lipinski definition) is 2. The summed E-state index contributed by atoms with van der Waals surface area (Å²) in [7, 11) is 3.54. The van der Waals surface area contributed by atoms with Gasteiger partial charge in [-0.15, -0.1) is 0 Å². The standard InChI is InChI=1S/C12H13N3O2/c1-15(2)11(17)13-7-12(15)8-5-3-4-6-9(8)14-10(12)16/h3-6H,7H2,1-2H3,(H-,13,14,16,17)/p+1. The van der Waals surface area contributed by atoms with Crippen molar-refractivity contribution in [1.29, 1.82) is 0 Å². The minimum absolute atomic E-state index is 0.00977. The highest BCUT2D eigenvalue weighted by Crippen LogP contribution is 2.45. The Morgan fingerprint density at radius 3 is 2.59 bits per heavy atom. The van der Waals surface area contributed by atoms with Crippen molar-refractivity contribution in [2.75, 3.05) is 26.0 Å². The number of benzene rings is 1. The number of rotatable bonds is 0. The largest absolute Gasteiger partial charge is 0.417 e. The smallest absolute Gasteiger partial charge is 0.320 e. The molecule has 17 heavy (non-hydrogen) atoms. The van der Waals surface area contributed by atoms with Crippen LogP contribution in [0.25, 0.3) is 0 Å². The van der Waals surface area contributed by atoms with E-state index in [1.807, 2.05) is 24.3 Å². The number of amides is 3. The van der Waals surface area contributed by atoms with E-state index in [-0.39, 0.29) is 16.4 Å². The first-order valence-corrected chi connectivity index (χ1v) is 5.53. The van der Waals surface area contributed by atoms with Crippen LogP contribution < -0.4 is 10.6 Å². The lowest BCUT2D eigenvalue weighted by molar-refractivity contribution is -0.849. The van der Waals surface area contributed by atoms with Gasteiger partial charge in [0.25, 0.3) is 5.91 Å². The summed E-state index contributed by atoms with van der Waals surface area (Å²) in [6.07, 6.45) is 0. The van der Waals surface area contributed by atoms with E-state index in [2.05, 4.69) is 10.6 Å². The molecule has 3 rings (SSSR count). The van der Waals surface area contributed by atoms with Gasteiger partial charge < -0.3 is 5.32 Å². The molecule has 5 heteroatoms. The average molecular weight is 232 g/mol. The molecule has 1 saturated heterocycles. The number of likely N-dealkylation sites (N-methyl/N-ethyl adjacent to an activating group) is 1. The van der Waals surface area contributed by atoms with E-state index in [1.54, 1.807) is 14.1 Å². The molecule has 2 aliphatic rings. The topological polar surface area (TPSA) is 58.2 Å². The number of anilines is 1. The van der Waals surface area contributed by atoms with Crippen LogP contribution in [0.3, 0.4) is 0 Å². The quantitative estimate of drug-likeness (QED) is 0.645. The second kappa shape index (κ2) is 2.87. The summed E-state index contributed by atoms with van der Waals surface area (Å²) in [4.78, 5) is 24.2. The minimum atomic E-state index is -0.826. The number of nitrogens with zero attached hydrogens (tertiary/aromatic N) is 1. The second-order valence-electron chi connectivity index (χ2n) is 4.97. The van der Waals surface area contributed by atoms with Crippen LogP contribution in [0.2, 0.25) is 0 Å². The molecule has 0 radical (unpaired) electrons. The van der Waals surface area contributed by atoms with Gasteiger partial charge in [0.2, 0.25) is 5.54 Å². The minimum Gasteiger partial charge on any atom is -0.320 e. The van der Waals surface area contributed by atoms with Gasteiger partial charge in [0.05, 0.1) is 26.3 Å². The summed E-state index contributed by atoms with van der Waals surface area (Å²) in [5.41, 5.74) is 0.877. The van der Waals surface area contributed by atoms with Gasteiger partial charge >= 0.3 is 6.03 Å². The fourth-order valence-electron chi connectivity index (χ4n) is 2.80. The van der Waals surface area contributed by atoms with Crippen molar-refractivity contribution in [2.24, 2.45) is 0 Å². The van der Waals surface area contributed by atoms with Gasteiger partial charge in [0, 0.05) is 5.56 Å². The Morgan fingerprint density at radius 2 is 1.94 bits per heavy atom. The van der Waals surface area contributed by atoms with Crippen LogP contribution in [0, 0.1) is 0 Å². The molecule has 1 aromatic carbocycles. The molecule has 1 aromatic rings. The number of quaternary nitrogens is 1. The molecule has 1 fully saturated rings. The van der Waals surface area contributed by atoms with Crippen molar-refractivity contribution in [2.45, 2.75) is 5.54 Å². The zero-order valence-electron chi connectivity index (χ0n) is 9.78. The van der Waals surface area contributed by atoms with Crippen LogP contribution in [0.15, 0.2) is 24.3 Å². The van der Waals surface area contributed by atoms with Crippen LogP contribution in [0.5, 0.6) is 0 Å². The van der Waals surface area contributed by atoms with Gasteiger partial charge in [-0.05, 0) is 6.07 Å². The van der Waals surface area contributed by atoms with E-state index >= 15 is 0 Å². The molecule has 1 spiro atoms. The Labute approximate surface area is 99.0 Å². The fourth-order valence-corrected chi connectivity index (χ4v) is 2.80. The Bertz CT molecular complexity index is 538. The fraction of sp³-hybridized carbons (Fsp3) is 0.333. The predicted octanol–water partition coefficient (Wildman–Crippen LogP) is 0.634. The zero-order valence-corrected chi connectivity index (χ0v) is 9.78. The van der Waals surface area contributed by atoms with Crippen molar-refractivity contribution in [3.63, 3.8) is 0 Å². The van der Waals surface area contributed by atoms with Gasteiger partial charge in [-0.2, -0.15) is 0 Å². The van der Waals surface area contributed by atoms with Crippen molar-refractivity contribution in [3.8, 4) is 0 Å². The van der Waals surface area contributed by atoms with E-state index in [4.69, 9.17) is 0 Å². The Kier molecular flexibility index (Phi) is 1.73. The summed E-state index contributed by atoms with van der Waals surface area (Å²) in [5.74, 6) is -0.109. The van der Waals surface area contributed by atoms with Crippen molar-refractivity contribution < 1.29 is 14.1 Å². The Balaban J connectivity index is 2.28. The highest BCUT2D eigenvalue weighted by Gasteiger charge is 2.65. The molecule has 3 amide bonds. The van der Waals surface area contributed by atoms with Crippen molar-refractivity contribution in [3.05, 3.63) is 29.8 Å². The highest BCUT2D eigenvalue weighted by molar-refractivity contribution is 6.07. The summed E-state index contributed by atoms with van der Waals surface area (Å²) in [5, 5.41) is 5.65. The molecule has 0 saturated carbocycles. The lowest BCUT2D eigenvalue weighted by Crippen LogP contribution is -2.59. The molecule has 1 atom stereocenters. The van der Waals surface area contributed by atoms with Crippen LogP contribution in [-0.4, -0.2) is 37.1 Å². The van der Waals surface area contributed by atoms with Crippen LogP contribution in [0.1, 0.15) is 5.56 Å². The SMILES string of the molecule is C[N+]1(C)C(=O)NCC12C(=O)Nc1ccccc12. The first-order valence-electron chi connectivity index (χ1n) is 5.53. The first-order chi connectivity index (χ1) is 8.00.